The van der Waals surface area contributed by atoms with Gasteiger partial charge >= 0.3 is 6.18 Å². The number of hydrogen-bond donors (Lipinski definition) is 2. The maximum atomic E-state index is 12.7. The Morgan fingerprint density at radius 2 is 2.09 bits per heavy atom. The lowest BCUT2D eigenvalue weighted by atomic mass is 10.2. The van der Waals surface area contributed by atoms with Crippen molar-refractivity contribution < 1.29 is 27.4 Å². The molecule has 0 spiro atoms. The number of halogens is 3. The Hall–Kier alpha value is -2.71. The zero-order chi connectivity index (χ0) is 16.4. The highest BCUT2D eigenvalue weighted by Gasteiger charge is 2.37. The van der Waals surface area contributed by atoms with Crippen LogP contribution in [-0.2, 0) is 6.18 Å². The highest BCUT2D eigenvalue weighted by Crippen LogP contribution is 2.31. The molecule has 2 N–H and O–H groups in total. The molecule has 0 saturated carbocycles. The number of H-pyrrole nitrogens is 1. The van der Waals surface area contributed by atoms with Gasteiger partial charge in [-0.2, -0.15) is 18.3 Å². The Morgan fingerprint density at radius 3 is 2.83 bits per heavy atom. The normalized spacial score (nSPS) is 16.9. The van der Waals surface area contributed by atoms with Crippen LogP contribution in [0.2, 0.25) is 0 Å². The van der Waals surface area contributed by atoms with Gasteiger partial charge in [-0.1, -0.05) is 12.1 Å². The number of hydrogen-bond acceptors (Lipinski definition) is 4. The number of nitrogens with zero attached hydrogens (tertiary/aromatic N) is 1. The average Bonchev–Trinajstić information content (AvgIpc) is 3.02. The van der Waals surface area contributed by atoms with Crippen LogP contribution in [0.4, 0.5) is 13.2 Å². The zero-order valence-electron chi connectivity index (χ0n) is 11.7. The van der Waals surface area contributed by atoms with Crippen LogP contribution in [0.25, 0.3) is 0 Å². The van der Waals surface area contributed by atoms with E-state index in [2.05, 4.69) is 10.4 Å². The number of amides is 1. The highest BCUT2D eigenvalue weighted by atomic mass is 19.4. The van der Waals surface area contributed by atoms with Crippen LogP contribution in [0.1, 0.15) is 16.1 Å². The van der Waals surface area contributed by atoms with Crippen molar-refractivity contribution in [3.63, 3.8) is 0 Å². The minimum atomic E-state index is -4.67. The summed E-state index contributed by atoms with van der Waals surface area (Å²) in [6, 6.07) is 7.01. The van der Waals surface area contributed by atoms with Crippen molar-refractivity contribution in [2.45, 2.75) is 12.3 Å². The smallest absolute Gasteiger partial charge is 0.433 e. The van der Waals surface area contributed by atoms with Gasteiger partial charge in [0.05, 0.1) is 18.3 Å². The fourth-order valence-corrected chi connectivity index (χ4v) is 2.14. The topological polar surface area (TPSA) is 76.2 Å². The van der Waals surface area contributed by atoms with Gasteiger partial charge < -0.3 is 14.8 Å². The number of carbonyl (C=O) groups is 1. The van der Waals surface area contributed by atoms with E-state index in [0.29, 0.717) is 11.5 Å². The van der Waals surface area contributed by atoms with Gasteiger partial charge in [0.2, 0.25) is 0 Å². The number of aromatic nitrogens is 2. The molecule has 2 aromatic rings. The van der Waals surface area contributed by atoms with Crippen LogP contribution in [0.5, 0.6) is 11.5 Å². The van der Waals surface area contributed by atoms with Crippen molar-refractivity contribution in [1.29, 1.82) is 0 Å². The van der Waals surface area contributed by atoms with E-state index >= 15 is 0 Å². The largest absolute Gasteiger partial charge is 0.486 e. The van der Waals surface area contributed by atoms with Crippen molar-refractivity contribution in [3.05, 3.63) is 41.7 Å². The van der Waals surface area contributed by atoms with Crippen LogP contribution >= 0.6 is 0 Å². The van der Waals surface area contributed by atoms with Gasteiger partial charge in [0.1, 0.15) is 12.7 Å². The minimum Gasteiger partial charge on any atom is -0.486 e. The summed E-state index contributed by atoms with van der Waals surface area (Å²) in [6.45, 7) is 0.199. The number of alkyl halides is 3. The highest BCUT2D eigenvalue weighted by molar-refractivity contribution is 5.95. The second-order valence-corrected chi connectivity index (χ2v) is 4.86. The molecule has 122 valence electrons. The molecule has 1 aromatic heterocycles. The first kappa shape index (κ1) is 15.2. The molecule has 1 atom stereocenters. The maximum Gasteiger partial charge on any atom is 0.433 e. The Morgan fingerprint density at radius 1 is 1.35 bits per heavy atom. The lowest BCUT2D eigenvalue weighted by Crippen LogP contribution is -2.41. The maximum absolute atomic E-state index is 12.7. The molecule has 1 amide bonds. The van der Waals surface area contributed by atoms with Crippen molar-refractivity contribution >= 4 is 5.91 Å². The number of rotatable bonds is 3. The lowest BCUT2D eigenvalue weighted by molar-refractivity contribution is -0.141. The van der Waals surface area contributed by atoms with E-state index in [1.807, 2.05) is 0 Å². The number of ether oxygens (including phenoxy) is 2. The monoisotopic (exact) mass is 327 g/mol. The summed E-state index contributed by atoms with van der Waals surface area (Å²) in [5.74, 6) is 0.232. The summed E-state index contributed by atoms with van der Waals surface area (Å²) in [7, 11) is 0. The van der Waals surface area contributed by atoms with Gasteiger partial charge in [-0.05, 0) is 12.1 Å². The van der Waals surface area contributed by atoms with E-state index in [4.69, 9.17) is 9.47 Å². The number of nitrogens with one attached hydrogen (secondary N) is 2. The van der Waals surface area contributed by atoms with Gasteiger partial charge in [-0.15, -0.1) is 0 Å². The minimum absolute atomic E-state index is 0.00957. The Bertz CT molecular complexity index is 715. The summed E-state index contributed by atoms with van der Waals surface area (Å²) >= 11 is 0. The van der Waals surface area contributed by atoms with E-state index in [9.17, 15) is 18.0 Å². The molecule has 3 rings (SSSR count). The Labute approximate surface area is 128 Å². The Kier molecular flexibility index (Phi) is 3.85. The number of fused-ring (bicyclic) bond motifs is 1. The Balaban J connectivity index is 1.62. The van der Waals surface area contributed by atoms with Gasteiger partial charge in [-0.25, -0.2) is 0 Å². The summed E-state index contributed by atoms with van der Waals surface area (Å²) in [5.41, 5.74) is -1.74. The fraction of sp³-hybridized carbons (Fsp3) is 0.286. The van der Waals surface area contributed by atoms with E-state index in [-0.39, 0.29) is 13.2 Å². The first-order valence-electron chi connectivity index (χ1n) is 6.72. The quantitative estimate of drug-likeness (QED) is 0.904. The molecule has 0 saturated heterocycles. The van der Waals surface area contributed by atoms with Gasteiger partial charge in [0.25, 0.3) is 5.91 Å². The van der Waals surface area contributed by atoms with Crippen LogP contribution in [0.3, 0.4) is 0 Å². The first-order valence-corrected chi connectivity index (χ1v) is 6.72. The summed E-state index contributed by atoms with van der Waals surface area (Å²) in [4.78, 5) is 11.9. The van der Waals surface area contributed by atoms with Crippen LogP contribution < -0.4 is 14.8 Å². The molecule has 0 unspecified atom stereocenters. The van der Waals surface area contributed by atoms with E-state index in [1.54, 1.807) is 29.4 Å². The van der Waals surface area contributed by atoms with Crippen LogP contribution in [-0.4, -0.2) is 35.4 Å². The number of aromatic amines is 1. The van der Waals surface area contributed by atoms with Crippen molar-refractivity contribution in [3.8, 4) is 11.5 Å². The molecule has 0 bridgehead atoms. The van der Waals surface area contributed by atoms with Crippen molar-refractivity contribution in [2.75, 3.05) is 13.2 Å². The van der Waals surface area contributed by atoms with Crippen molar-refractivity contribution in [1.82, 2.24) is 15.5 Å². The average molecular weight is 327 g/mol. The van der Waals surface area contributed by atoms with Gasteiger partial charge in [-0.3, -0.25) is 9.89 Å². The molecule has 0 radical (unpaired) electrons. The molecule has 1 aliphatic rings. The third-order valence-corrected chi connectivity index (χ3v) is 3.23. The first-order chi connectivity index (χ1) is 10.9. The number of benzene rings is 1. The molecule has 9 heteroatoms. The third kappa shape index (κ3) is 3.22. The molecule has 23 heavy (non-hydrogen) atoms. The predicted molar refractivity (Wildman–Crippen MR) is 72.3 cm³/mol. The molecular formula is C14H12F3N3O3. The summed E-state index contributed by atoms with van der Waals surface area (Å²) in [5, 5.41) is 7.45. The standard InChI is InChI=1S/C14H12F3N3O3/c15-14(16,17)12-9(6-19-20-12)13(21)18-5-8-7-22-10-3-1-2-4-11(10)23-8/h1-4,6,8H,5,7H2,(H,18,21)(H,19,20)/t8-/m0/s1. The SMILES string of the molecule is O=C(NC[C@H]1COc2ccccc2O1)c1cn[nH]c1C(F)(F)F. The van der Waals surface area contributed by atoms with Gasteiger partial charge in [0.15, 0.2) is 17.2 Å². The van der Waals surface area contributed by atoms with Crippen molar-refractivity contribution in [2.24, 2.45) is 0 Å². The van der Waals surface area contributed by atoms with Crippen LogP contribution in [0, 0.1) is 0 Å². The summed E-state index contributed by atoms with van der Waals surface area (Å²) < 4.78 is 49.2. The van der Waals surface area contributed by atoms with Gasteiger partial charge in [0, 0.05) is 0 Å². The van der Waals surface area contributed by atoms with Crippen LogP contribution in [0.15, 0.2) is 30.5 Å². The van der Waals surface area contributed by atoms with E-state index in [0.717, 1.165) is 6.20 Å². The molecule has 0 fully saturated rings. The molecule has 2 heterocycles. The number of para-hydroxylation sites is 2. The predicted octanol–water partition coefficient (Wildman–Crippen LogP) is 2.00. The second-order valence-electron chi connectivity index (χ2n) is 4.86. The molecule has 1 aliphatic heterocycles. The summed E-state index contributed by atoms with van der Waals surface area (Å²) in [6.07, 6.45) is -4.33. The lowest BCUT2D eigenvalue weighted by Gasteiger charge is -2.26. The number of carbonyl (C=O) groups excluding carboxylic acids is 1. The third-order valence-electron chi connectivity index (χ3n) is 3.23. The van der Waals surface area contributed by atoms with E-state index in [1.165, 1.54) is 0 Å². The second kappa shape index (κ2) is 5.82. The molecule has 0 aliphatic carbocycles. The zero-order valence-corrected chi connectivity index (χ0v) is 11.7. The van der Waals surface area contributed by atoms with E-state index < -0.39 is 29.4 Å². The molecule has 6 nitrogen and oxygen atoms in total. The molecule has 1 aromatic carbocycles. The fourth-order valence-electron chi connectivity index (χ4n) is 2.14. The molecular weight excluding hydrogens is 315 g/mol.